The number of nitrogens with two attached hydrogens (primary N) is 1. The van der Waals surface area contributed by atoms with E-state index in [1.54, 1.807) is 72.9 Å². The van der Waals surface area contributed by atoms with Crippen LogP contribution >= 0.6 is 0 Å². The third-order valence-electron chi connectivity index (χ3n) is 9.98. The quantitative estimate of drug-likeness (QED) is 0.193. The molecule has 3 aliphatic rings. The molecule has 264 valence electrons. The molecule has 5 amide bonds. The van der Waals surface area contributed by atoms with Crippen molar-refractivity contribution in [1.82, 2.24) is 20.9 Å². The van der Waals surface area contributed by atoms with E-state index in [9.17, 15) is 28.8 Å². The average Bonchev–Trinajstić information content (AvgIpc) is 3.87. The van der Waals surface area contributed by atoms with E-state index in [4.69, 9.17) is 15.2 Å². The number of Topliss-reactive ketones (excluding diaryl/α,β-unsaturated/α-hetero) is 1. The van der Waals surface area contributed by atoms with E-state index in [1.165, 1.54) is 4.90 Å². The Balaban J connectivity index is 1.48. The minimum absolute atomic E-state index is 0.00839. The van der Waals surface area contributed by atoms with E-state index in [-0.39, 0.29) is 29.8 Å². The van der Waals surface area contributed by atoms with Crippen molar-refractivity contribution in [2.75, 3.05) is 13.7 Å². The maximum absolute atomic E-state index is 14.3. The van der Waals surface area contributed by atoms with Gasteiger partial charge in [-0.15, -0.1) is 0 Å². The van der Waals surface area contributed by atoms with Crippen LogP contribution in [0, 0.1) is 34.0 Å². The van der Waals surface area contributed by atoms with Crippen molar-refractivity contribution in [2.24, 2.45) is 39.7 Å². The van der Waals surface area contributed by atoms with E-state index in [0.29, 0.717) is 25.1 Å². The van der Waals surface area contributed by atoms with Crippen LogP contribution in [0.4, 0.5) is 4.79 Å². The predicted octanol–water partition coefficient (Wildman–Crippen LogP) is 2.30. The first kappa shape index (κ1) is 36.7. The number of likely N-dealkylation sites (tertiary alicyclic amines) is 1. The Morgan fingerprint density at radius 3 is 1.98 bits per heavy atom. The number of nitrogens with one attached hydrogen (secondary N) is 3. The number of nitrogens with zero attached hydrogens (tertiary/aromatic N) is 1. The molecule has 5 N–H and O–H groups in total. The number of carbonyl (C=O) groups is 6. The summed E-state index contributed by atoms with van der Waals surface area (Å²) < 4.78 is 10.7. The Morgan fingerprint density at radius 1 is 0.917 bits per heavy atom. The molecule has 2 saturated carbocycles. The second-order valence-electron chi connectivity index (χ2n) is 16.1. The molecule has 0 bridgehead atoms. The molecule has 4 rings (SSSR count). The van der Waals surface area contributed by atoms with Gasteiger partial charge in [-0.1, -0.05) is 67.5 Å². The number of amides is 5. The number of ether oxygens (including phenoxy) is 2. The summed E-state index contributed by atoms with van der Waals surface area (Å²) in [6.45, 7) is 15.1. The maximum Gasteiger partial charge on any atom is 0.329 e. The van der Waals surface area contributed by atoms with Gasteiger partial charge in [0.05, 0.1) is 7.11 Å². The number of benzene rings is 1. The number of carbonyl (C=O) groups excluding carboxylic acids is 6. The normalized spacial score (nSPS) is 23.1. The number of methoxy groups -OCH3 is 1. The van der Waals surface area contributed by atoms with Gasteiger partial charge in [-0.3, -0.25) is 19.2 Å². The molecule has 0 radical (unpaired) electrons. The van der Waals surface area contributed by atoms with Crippen molar-refractivity contribution in [2.45, 2.75) is 99.0 Å². The molecule has 6 atom stereocenters. The van der Waals surface area contributed by atoms with Gasteiger partial charge in [0.1, 0.15) is 36.5 Å². The van der Waals surface area contributed by atoms with Gasteiger partial charge in [-0.25, -0.2) is 9.59 Å². The summed E-state index contributed by atoms with van der Waals surface area (Å²) in [5, 5.41) is 8.24. The third-order valence-corrected chi connectivity index (χ3v) is 9.98. The number of hydrogen-bond donors (Lipinski definition) is 4. The van der Waals surface area contributed by atoms with Gasteiger partial charge in [-0.2, -0.15) is 0 Å². The molecule has 1 saturated heterocycles. The molecule has 1 aromatic carbocycles. The van der Waals surface area contributed by atoms with Crippen LogP contribution in [0.5, 0.6) is 5.75 Å². The summed E-state index contributed by atoms with van der Waals surface area (Å²) in [7, 11) is 1.56. The third kappa shape index (κ3) is 7.92. The van der Waals surface area contributed by atoms with E-state index < -0.39 is 70.5 Å². The first-order valence-electron chi connectivity index (χ1n) is 16.5. The molecule has 2 aliphatic carbocycles. The van der Waals surface area contributed by atoms with Crippen LogP contribution in [-0.4, -0.2) is 78.2 Å². The highest BCUT2D eigenvalue weighted by Gasteiger charge is 2.70. The van der Waals surface area contributed by atoms with Gasteiger partial charge in [0, 0.05) is 6.54 Å². The molecular weight excluding hydrogens is 618 g/mol. The molecule has 1 heterocycles. The largest absolute Gasteiger partial charge is 0.497 e. The second kappa shape index (κ2) is 13.4. The lowest BCUT2D eigenvalue weighted by atomic mass is 9.85. The molecule has 13 nitrogen and oxygen atoms in total. The zero-order chi connectivity index (χ0) is 35.9. The monoisotopic (exact) mass is 669 g/mol. The van der Waals surface area contributed by atoms with Crippen molar-refractivity contribution in [3.05, 3.63) is 29.8 Å². The molecule has 48 heavy (non-hydrogen) atoms. The highest BCUT2D eigenvalue weighted by molar-refractivity contribution is 6.38. The Hall–Kier alpha value is -4.16. The van der Waals surface area contributed by atoms with Gasteiger partial charge < -0.3 is 36.1 Å². The van der Waals surface area contributed by atoms with Crippen molar-refractivity contribution >= 4 is 35.5 Å². The molecule has 3 fully saturated rings. The standard InChI is InChI=1S/C35H51N5O8/c1-33(2,3)26(38-32(46)39-27(34(4,5)6)31(45)48-17-18-10-14-20(47-9)15-11-18)30(44)40-16-21-22(35(21,7)8)24(40)29(43)37-23(19-12-13-19)25(41)28(36)42/h10-11,14-15,19,21-24,26-27H,12-13,16-17H2,1-9H3,(H2,36,42)(H,37,43)(H2,38,39,46)/t21-,22-,23?,24-,26+,27+/m0/s1. The lowest BCUT2D eigenvalue weighted by Gasteiger charge is -2.38. The molecule has 0 aromatic heterocycles. The Kier molecular flexibility index (Phi) is 10.2. The lowest BCUT2D eigenvalue weighted by Crippen LogP contribution is -2.62. The molecular formula is C35H51N5O8. The summed E-state index contributed by atoms with van der Waals surface area (Å²) in [6.07, 6.45) is 1.37. The minimum Gasteiger partial charge on any atom is -0.497 e. The van der Waals surface area contributed by atoms with Crippen LogP contribution in [0.1, 0.15) is 73.8 Å². The number of rotatable bonds is 12. The van der Waals surface area contributed by atoms with Gasteiger partial charge in [0.15, 0.2) is 0 Å². The summed E-state index contributed by atoms with van der Waals surface area (Å²) in [5.74, 6) is -3.20. The average molecular weight is 670 g/mol. The van der Waals surface area contributed by atoms with Crippen LogP contribution in [0.3, 0.4) is 0 Å². The van der Waals surface area contributed by atoms with Crippen molar-refractivity contribution < 1.29 is 38.2 Å². The highest BCUT2D eigenvalue weighted by atomic mass is 16.5. The second-order valence-corrected chi connectivity index (χ2v) is 16.1. The Labute approximate surface area is 282 Å². The van der Waals surface area contributed by atoms with Crippen LogP contribution < -0.4 is 26.4 Å². The number of piperidine rings is 1. The number of hydrogen-bond acceptors (Lipinski definition) is 8. The summed E-state index contributed by atoms with van der Waals surface area (Å²) in [4.78, 5) is 80.6. The molecule has 1 unspecified atom stereocenters. The number of ketones is 1. The van der Waals surface area contributed by atoms with E-state index in [1.807, 2.05) is 13.8 Å². The summed E-state index contributed by atoms with van der Waals surface area (Å²) in [5.41, 5.74) is 4.28. The minimum atomic E-state index is -1.11. The van der Waals surface area contributed by atoms with Gasteiger partial charge in [0.25, 0.3) is 5.91 Å². The number of primary amides is 1. The molecule has 1 aliphatic heterocycles. The predicted molar refractivity (Wildman–Crippen MR) is 176 cm³/mol. The summed E-state index contributed by atoms with van der Waals surface area (Å²) >= 11 is 0. The van der Waals surface area contributed by atoms with Crippen molar-refractivity contribution in [3.63, 3.8) is 0 Å². The van der Waals surface area contributed by atoms with Crippen LogP contribution in [0.2, 0.25) is 0 Å². The zero-order valence-corrected chi connectivity index (χ0v) is 29.5. The van der Waals surface area contributed by atoms with Gasteiger partial charge >= 0.3 is 12.0 Å². The Bertz CT molecular complexity index is 1440. The van der Waals surface area contributed by atoms with Crippen molar-refractivity contribution in [3.8, 4) is 5.75 Å². The van der Waals surface area contributed by atoms with Crippen molar-refractivity contribution in [1.29, 1.82) is 0 Å². The number of esters is 1. The van der Waals surface area contributed by atoms with Crippen LogP contribution in [-0.2, 0) is 35.3 Å². The fourth-order valence-corrected chi connectivity index (χ4v) is 6.74. The van der Waals surface area contributed by atoms with Crippen LogP contribution in [0.25, 0.3) is 0 Å². The highest BCUT2D eigenvalue weighted by Crippen LogP contribution is 2.65. The van der Waals surface area contributed by atoms with E-state index in [0.717, 1.165) is 5.56 Å². The first-order chi connectivity index (χ1) is 22.2. The van der Waals surface area contributed by atoms with Crippen LogP contribution in [0.15, 0.2) is 24.3 Å². The molecule has 1 aromatic rings. The smallest absolute Gasteiger partial charge is 0.329 e. The fourth-order valence-electron chi connectivity index (χ4n) is 6.74. The number of fused-ring (bicyclic) bond motifs is 1. The van der Waals surface area contributed by atoms with E-state index in [2.05, 4.69) is 16.0 Å². The summed E-state index contributed by atoms with van der Waals surface area (Å²) in [6, 6.07) is 2.26. The van der Waals surface area contributed by atoms with E-state index >= 15 is 0 Å². The van der Waals surface area contributed by atoms with Gasteiger partial charge in [-0.05, 0) is 64.5 Å². The Morgan fingerprint density at radius 2 is 1.48 bits per heavy atom. The molecule has 13 heteroatoms. The first-order valence-corrected chi connectivity index (χ1v) is 16.5. The fraction of sp³-hybridized carbons (Fsp3) is 0.657. The maximum atomic E-state index is 14.3. The molecule has 0 spiro atoms. The van der Waals surface area contributed by atoms with Gasteiger partial charge in [0.2, 0.25) is 17.6 Å². The lowest BCUT2D eigenvalue weighted by molar-refractivity contribution is -0.150. The topological polar surface area (TPSA) is 186 Å². The number of urea groups is 1. The SMILES string of the molecule is COc1ccc(COC(=O)[C@@H](NC(=O)N[C@H](C(=O)N2C[C@H]3[C@@H]([C@H]2C(=O)NC(C(=O)C(N)=O)C2CC2)C3(C)C)C(C)(C)C)C(C)(C)C)cc1. The zero-order valence-electron chi connectivity index (χ0n) is 29.5.